The van der Waals surface area contributed by atoms with Crippen LogP contribution in [0.15, 0.2) is 59.2 Å². The molecule has 0 saturated carbocycles. The van der Waals surface area contributed by atoms with Crippen LogP contribution in [0.3, 0.4) is 0 Å². The van der Waals surface area contributed by atoms with Gasteiger partial charge in [0.15, 0.2) is 0 Å². The summed E-state index contributed by atoms with van der Waals surface area (Å²) < 4.78 is 4.66. The molecule has 2 aromatic rings. The zero-order valence-corrected chi connectivity index (χ0v) is 17.8. The number of ether oxygens (including phenoxy) is 1. The zero-order chi connectivity index (χ0) is 22.5. The average Bonchev–Trinajstić information content (AvgIpc) is 3.09. The summed E-state index contributed by atoms with van der Waals surface area (Å²) in [6.07, 6.45) is 2.01. The van der Waals surface area contributed by atoms with Gasteiger partial charge in [-0.25, -0.2) is 14.6 Å². The van der Waals surface area contributed by atoms with Crippen molar-refractivity contribution < 1.29 is 24.2 Å². The third-order valence-corrected chi connectivity index (χ3v) is 5.19. The molecule has 1 N–H and O–H groups in total. The molecule has 0 saturated heterocycles. The smallest absolute Gasteiger partial charge is 0.337 e. The molecule has 0 aromatic heterocycles. The van der Waals surface area contributed by atoms with Gasteiger partial charge in [0.2, 0.25) is 0 Å². The first-order chi connectivity index (χ1) is 14.8. The van der Waals surface area contributed by atoms with E-state index < -0.39 is 17.9 Å². The third kappa shape index (κ3) is 5.00. The van der Waals surface area contributed by atoms with Gasteiger partial charge in [0.25, 0.3) is 5.91 Å². The molecule has 1 aliphatic heterocycles. The minimum atomic E-state index is -1.12. The molecule has 1 atom stereocenters. The van der Waals surface area contributed by atoms with Gasteiger partial charge in [0.1, 0.15) is 0 Å². The number of aliphatic carboxylic acids is 1. The number of carboxylic acid groups (broad SMARTS) is 1. The van der Waals surface area contributed by atoms with Crippen molar-refractivity contribution in [1.29, 1.82) is 0 Å². The molecule has 160 valence electrons. The number of rotatable bonds is 7. The van der Waals surface area contributed by atoms with Gasteiger partial charge in [-0.3, -0.25) is 4.79 Å². The fourth-order valence-electron chi connectivity index (χ4n) is 3.29. The fraction of sp³-hybridized carbons (Fsp3) is 0.217. The van der Waals surface area contributed by atoms with Crippen LogP contribution in [0, 0.1) is 5.92 Å². The van der Waals surface area contributed by atoms with Crippen LogP contribution in [0.25, 0.3) is 6.08 Å². The molecule has 31 heavy (non-hydrogen) atoms. The number of hydrogen-bond acceptors (Lipinski definition) is 5. The third-order valence-electron chi connectivity index (χ3n) is 4.94. The van der Waals surface area contributed by atoms with Crippen LogP contribution in [0.2, 0.25) is 5.02 Å². The first-order valence-electron chi connectivity index (χ1n) is 9.63. The van der Waals surface area contributed by atoms with Gasteiger partial charge < -0.3 is 9.84 Å². The van der Waals surface area contributed by atoms with Crippen molar-refractivity contribution in [2.24, 2.45) is 11.0 Å². The van der Waals surface area contributed by atoms with E-state index in [4.69, 9.17) is 11.6 Å². The van der Waals surface area contributed by atoms with Gasteiger partial charge in [0, 0.05) is 10.6 Å². The number of nitrogens with zero attached hydrogens (tertiary/aromatic N) is 2. The molecule has 1 unspecified atom stereocenters. The van der Waals surface area contributed by atoms with Gasteiger partial charge in [-0.1, -0.05) is 30.7 Å². The molecular weight excluding hydrogens is 420 g/mol. The number of esters is 1. The predicted molar refractivity (Wildman–Crippen MR) is 118 cm³/mol. The fourth-order valence-corrected chi connectivity index (χ4v) is 3.42. The van der Waals surface area contributed by atoms with Gasteiger partial charge in [0.05, 0.1) is 30.0 Å². The Hall–Kier alpha value is -3.45. The Bertz CT molecular complexity index is 1060. The Labute approximate surface area is 184 Å². The molecule has 7 nitrogen and oxygen atoms in total. The van der Waals surface area contributed by atoms with E-state index in [1.807, 2.05) is 6.92 Å². The standard InChI is InChI=1S/C23H21ClN2O5/c1-3-20-19(21(27)26(25-20)18-10-8-17(24)9-11-18)13-16(22(28)29)12-14-4-6-15(7-5-14)23(30)31-2/h4-12,19H,3,13H2,1-2H3,(H,28,29). The highest BCUT2D eigenvalue weighted by atomic mass is 35.5. The number of carbonyl (C=O) groups excluding carboxylic acids is 2. The largest absolute Gasteiger partial charge is 0.478 e. The van der Waals surface area contributed by atoms with Gasteiger partial charge in [-0.05, 0) is 60.9 Å². The van der Waals surface area contributed by atoms with Crippen molar-refractivity contribution in [3.05, 3.63) is 70.3 Å². The summed E-state index contributed by atoms with van der Waals surface area (Å²) in [5.74, 6) is -2.55. The molecule has 2 aromatic carbocycles. The molecule has 3 rings (SSSR count). The maximum absolute atomic E-state index is 13.0. The zero-order valence-electron chi connectivity index (χ0n) is 17.0. The van der Waals surface area contributed by atoms with E-state index in [0.717, 1.165) is 0 Å². The SMILES string of the molecule is CCC1=NN(c2ccc(Cl)cc2)C(=O)C1CC(=Cc1ccc(C(=O)OC)cc1)C(=O)O. The molecule has 8 heteroatoms. The lowest BCUT2D eigenvalue weighted by Gasteiger charge is -2.15. The number of carboxylic acids is 1. The lowest BCUT2D eigenvalue weighted by atomic mass is 9.92. The maximum Gasteiger partial charge on any atom is 0.337 e. The van der Waals surface area contributed by atoms with Crippen LogP contribution < -0.4 is 5.01 Å². The van der Waals surface area contributed by atoms with E-state index in [1.54, 1.807) is 48.5 Å². The molecule has 1 heterocycles. The summed E-state index contributed by atoms with van der Waals surface area (Å²) in [6.45, 7) is 1.88. The Morgan fingerprint density at radius 2 is 1.81 bits per heavy atom. The van der Waals surface area contributed by atoms with Crippen molar-refractivity contribution in [1.82, 2.24) is 0 Å². The van der Waals surface area contributed by atoms with Gasteiger partial charge in [-0.15, -0.1) is 0 Å². The van der Waals surface area contributed by atoms with Crippen molar-refractivity contribution in [3.8, 4) is 0 Å². The minimum absolute atomic E-state index is 0.00365. The van der Waals surface area contributed by atoms with Crippen LogP contribution in [0.5, 0.6) is 0 Å². The van der Waals surface area contributed by atoms with Crippen molar-refractivity contribution in [2.75, 3.05) is 12.1 Å². The molecule has 0 spiro atoms. The summed E-state index contributed by atoms with van der Waals surface area (Å²) in [6, 6.07) is 13.1. The van der Waals surface area contributed by atoms with Crippen LogP contribution in [-0.2, 0) is 14.3 Å². The number of benzene rings is 2. The number of hydrazone groups is 1. The Balaban J connectivity index is 1.85. The average molecular weight is 441 g/mol. The number of anilines is 1. The number of carbonyl (C=O) groups is 3. The summed E-state index contributed by atoms with van der Waals surface area (Å²) in [4.78, 5) is 36.5. The van der Waals surface area contributed by atoms with E-state index >= 15 is 0 Å². The molecular formula is C23H21ClN2O5. The molecule has 0 radical (unpaired) electrons. The molecule has 0 bridgehead atoms. The lowest BCUT2D eigenvalue weighted by Crippen LogP contribution is -2.28. The summed E-state index contributed by atoms with van der Waals surface area (Å²) >= 11 is 5.92. The number of hydrogen-bond donors (Lipinski definition) is 1. The summed E-state index contributed by atoms with van der Waals surface area (Å²) in [5, 5.41) is 16.0. The van der Waals surface area contributed by atoms with Crippen molar-refractivity contribution in [3.63, 3.8) is 0 Å². The van der Waals surface area contributed by atoms with Crippen LogP contribution in [0.4, 0.5) is 5.69 Å². The van der Waals surface area contributed by atoms with Crippen molar-refractivity contribution in [2.45, 2.75) is 19.8 Å². The van der Waals surface area contributed by atoms with Crippen LogP contribution in [-0.4, -0.2) is 35.8 Å². The monoisotopic (exact) mass is 440 g/mol. The molecule has 0 aliphatic carbocycles. The van der Waals surface area contributed by atoms with Crippen LogP contribution in [0.1, 0.15) is 35.7 Å². The van der Waals surface area contributed by atoms with Crippen LogP contribution >= 0.6 is 11.6 Å². The highest BCUT2D eigenvalue weighted by Gasteiger charge is 2.37. The second kappa shape index (κ2) is 9.57. The molecule has 1 amide bonds. The number of methoxy groups -OCH3 is 1. The lowest BCUT2D eigenvalue weighted by molar-refractivity contribution is -0.132. The highest BCUT2D eigenvalue weighted by molar-refractivity contribution is 6.30. The summed E-state index contributed by atoms with van der Waals surface area (Å²) in [5.41, 5.74) is 2.22. The quantitative estimate of drug-likeness (QED) is 0.508. The topological polar surface area (TPSA) is 96.3 Å². The Morgan fingerprint density at radius 1 is 1.16 bits per heavy atom. The van der Waals surface area contributed by atoms with Gasteiger partial charge >= 0.3 is 11.9 Å². The Kier molecular flexibility index (Phi) is 6.87. The maximum atomic E-state index is 13.0. The normalized spacial score (nSPS) is 16.3. The van der Waals surface area contributed by atoms with Gasteiger partial charge in [-0.2, -0.15) is 5.10 Å². The first kappa shape index (κ1) is 22.2. The molecule has 1 aliphatic rings. The number of amides is 1. The second-order valence-corrected chi connectivity index (χ2v) is 7.35. The van der Waals surface area contributed by atoms with E-state index in [2.05, 4.69) is 9.84 Å². The summed E-state index contributed by atoms with van der Waals surface area (Å²) in [7, 11) is 1.29. The van der Waals surface area contributed by atoms with E-state index in [9.17, 15) is 19.5 Å². The minimum Gasteiger partial charge on any atom is -0.478 e. The predicted octanol–water partition coefficient (Wildman–Crippen LogP) is 4.41. The van der Waals surface area contributed by atoms with E-state index in [0.29, 0.717) is 34.0 Å². The molecule has 0 fully saturated rings. The number of halogens is 1. The Morgan fingerprint density at radius 3 is 2.35 bits per heavy atom. The highest BCUT2D eigenvalue weighted by Crippen LogP contribution is 2.30. The van der Waals surface area contributed by atoms with E-state index in [1.165, 1.54) is 18.2 Å². The van der Waals surface area contributed by atoms with Crippen molar-refractivity contribution >= 4 is 46.9 Å². The second-order valence-electron chi connectivity index (χ2n) is 6.92. The first-order valence-corrected chi connectivity index (χ1v) is 10.0. The van der Waals surface area contributed by atoms with E-state index in [-0.39, 0.29) is 17.9 Å².